The molecule has 0 aromatic carbocycles. The summed E-state index contributed by atoms with van der Waals surface area (Å²) in [5.74, 6) is 1.78. The van der Waals surface area contributed by atoms with E-state index in [1.807, 2.05) is 17.7 Å². The van der Waals surface area contributed by atoms with Crippen LogP contribution in [0, 0.1) is 0 Å². The van der Waals surface area contributed by atoms with Crippen molar-refractivity contribution in [2.45, 2.75) is 26.7 Å². The van der Waals surface area contributed by atoms with Crippen molar-refractivity contribution in [1.82, 2.24) is 19.7 Å². The van der Waals surface area contributed by atoms with Crippen LogP contribution < -0.4 is 5.73 Å². The summed E-state index contributed by atoms with van der Waals surface area (Å²) >= 11 is 0. The molecule has 2 heterocycles. The average molecular weight is 217 g/mol. The van der Waals surface area contributed by atoms with Gasteiger partial charge in [-0.3, -0.25) is 4.98 Å². The van der Waals surface area contributed by atoms with Gasteiger partial charge in [-0.05, 0) is 6.07 Å². The zero-order chi connectivity index (χ0) is 11.5. The number of nitrogens with zero attached hydrogens (tertiary/aromatic N) is 4. The molecule has 0 fully saturated rings. The lowest BCUT2D eigenvalue weighted by molar-refractivity contribution is 0.788. The molecule has 0 amide bonds. The second-order valence-corrected chi connectivity index (χ2v) is 3.54. The van der Waals surface area contributed by atoms with Crippen LogP contribution in [0.4, 0.5) is 5.69 Å². The monoisotopic (exact) mass is 217 g/mol. The largest absolute Gasteiger partial charge is 0.397 e. The van der Waals surface area contributed by atoms with Crippen LogP contribution in [0.2, 0.25) is 0 Å². The summed E-state index contributed by atoms with van der Waals surface area (Å²) in [6, 6.07) is 1.85. The molecule has 0 radical (unpaired) electrons. The average Bonchev–Trinajstić information content (AvgIpc) is 2.72. The van der Waals surface area contributed by atoms with Gasteiger partial charge in [-0.2, -0.15) is 5.10 Å². The molecule has 0 saturated heterocycles. The standard InChI is InChI=1S/C11H15N5/c1-3-10-14-11(4-2)16(15-10)9-5-8(12)6-13-7-9/h5-7H,3-4,12H2,1-2H3. The summed E-state index contributed by atoms with van der Waals surface area (Å²) in [7, 11) is 0. The molecule has 0 bridgehead atoms. The minimum absolute atomic E-state index is 0.633. The molecule has 2 rings (SSSR count). The second kappa shape index (κ2) is 4.30. The fraction of sp³-hybridized carbons (Fsp3) is 0.364. The highest BCUT2D eigenvalue weighted by Crippen LogP contribution is 2.12. The molecule has 0 saturated carbocycles. The summed E-state index contributed by atoms with van der Waals surface area (Å²) in [4.78, 5) is 8.49. The van der Waals surface area contributed by atoms with E-state index < -0.39 is 0 Å². The van der Waals surface area contributed by atoms with Gasteiger partial charge in [0.25, 0.3) is 0 Å². The lowest BCUT2D eigenvalue weighted by Gasteiger charge is -2.03. The maximum absolute atomic E-state index is 5.70. The molecule has 2 aromatic rings. The lowest BCUT2D eigenvalue weighted by atomic mass is 10.3. The maximum Gasteiger partial charge on any atom is 0.151 e. The molecule has 0 spiro atoms. The van der Waals surface area contributed by atoms with Gasteiger partial charge in [0, 0.05) is 19.0 Å². The molecule has 2 aromatic heterocycles. The molecule has 0 aliphatic carbocycles. The van der Waals surface area contributed by atoms with E-state index in [0.29, 0.717) is 5.69 Å². The minimum atomic E-state index is 0.633. The lowest BCUT2D eigenvalue weighted by Crippen LogP contribution is -2.03. The van der Waals surface area contributed by atoms with Gasteiger partial charge in [-0.25, -0.2) is 9.67 Å². The van der Waals surface area contributed by atoms with Crippen LogP contribution in [0.3, 0.4) is 0 Å². The highest BCUT2D eigenvalue weighted by atomic mass is 15.4. The van der Waals surface area contributed by atoms with Crippen LogP contribution in [0.1, 0.15) is 25.5 Å². The number of hydrogen-bond donors (Lipinski definition) is 1. The van der Waals surface area contributed by atoms with E-state index in [4.69, 9.17) is 5.73 Å². The summed E-state index contributed by atoms with van der Waals surface area (Å²) in [5.41, 5.74) is 7.20. The number of hydrogen-bond acceptors (Lipinski definition) is 4. The third-order valence-electron chi connectivity index (χ3n) is 2.34. The first-order valence-electron chi connectivity index (χ1n) is 5.40. The first-order chi connectivity index (χ1) is 7.74. The molecule has 16 heavy (non-hydrogen) atoms. The molecule has 0 aliphatic rings. The summed E-state index contributed by atoms with van der Waals surface area (Å²) in [6.07, 6.45) is 5.02. The van der Waals surface area contributed by atoms with Crippen molar-refractivity contribution in [1.29, 1.82) is 0 Å². The zero-order valence-electron chi connectivity index (χ0n) is 9.51. The van der Waals surface area contributed by atoms with E-state index in [9.17, 15) is 0 Å². The Bertz CT molecular complexity index is 489. The molecular formula is C11H15N5. The van der Waals surface area contributed by atoms with E-state index in [-0.39, 0.29) is 0 Å². The summed E-state index contributed by atoms with van der Waals surface area (Å²) < 4.78 is 1.81. The SMILES string of the molecule is CCc1nc(CC)n(-c2cncc(N)c2)n1. The van der Waals surface area contributed by atoms with E-state index in [2.05, 4.69) is 22.0 Å². The fourth-order valence-electron chi connectivity index (χ4n) is 1.54. The first-order valence-corrected chi connectivity index (χ1v) is 5.40. The van der Waals surface area contributed by atoms with Crippen molar-refractivity contribution in [3.8, 4) is 5.69 Å². The highest BCUT2D eigenvalue weighted by Gasteiger charge is 2.09. The van der Waals surface area contributed by atoms with Crippen molar-refractivity contribution in [2.75, 3.05) is 5.73 Å². The Morgan fingerprint density at radius 3 is 2.69 bits per heavy atom. The van der Waals surface area contributed by atoms with Crippen molar-refractivity contribution in [2.24, 2.45) is 0 Å². The Hall–Kier alpha value is -1.91. The van der Waals surface area contributed by atoms with E-state index in [1.54, 1.807) is 12.4 Å². The third kappa shape index (κ3) is 1.88. The Morgan fingerprint density at radius 1 is 1.25 bits per heavy atom. The molecule has 5 heteroatoms. The van der Waals surface area contributed by atoms with Crippen LogP contribution in [0.15, 0.2) is 18.5 Å². The van der Waals surface area contributed by atoms with Gasteiger partial charge in [-0.1, -0.05) is 13.8 Å². The highest BCUT2D eigenvalue weighted by molar-refractivity contribution is 5.44. The minimum Gasteiger partial charge on any atom is -0.397 e. The molecule has 0 aliphatic heterocycles. The van der Waals surface area contributed by atoms with Gasteiger partial charge in [0.1, 0.15) is 5.82 Å². The summed E-state index contributed by atoms with van der Waals surface area (Å²) in [6.45, 7) is 4.09. The fourth-order valence-corrected chi connectivity index (χ4v) is 1.54. The first kappa shape index (κ1) is 10.6. The number of nitrogens with two attached hydrogens (primary N) is 1. The third-order valence-corrected chi connectivity index (χ3v) is 2.34. The maximum atomic E-state index is 5.70. The molecule has 84 valence electrons. The van der Waals surface area contributed by atoms with Crippen molar-refractivity contribution in [3.05, 3.63) is 30.1 Å². The Kier molecular flexibility index (Phi) is 2.85. The summed E-state index contributed by atoms with van der Waals surface area (Å²) in [5, 5.41) is 4.42. The van der Waals surface area contributed by atoms with Crippen molar-refractivity contribution >= 4 is 5.69 Å². The van der Waals surface area contributed by atoms with Gasteiger partial charge in [0.05, 0.1) is 17.6 Å². The molecular weight excluding hydrogens is 202 g/mol. The smallest absolute Gasteiger partial charge is 0.151 e. The van der Waals surface area contributed by atoms with Crippen LogP contribution in [-0.2, 0) is 12.8 Å². The Labute approximate surface area is 94.3 Å². The van der Waals surface area contributed by atoms with Gasteiger partial charge in [0.15, 0.2) is 5.82 Å². The van der Waals surface area contributed by atoms with E-state index in [1.165, 1.54) is 0 Å². The number of aromatic nitrogens is 4. The van der Waals surface area contributed by atoms with E-state index in [0.717, 1.165) is 30.2 Å². The number of nitrogen functional groups attached to an aromatic ring is 1. The second-order valence-electron chi connectivity index (χ2n) is 3.54. The predicted octanol–water partition coefficient (Wildman–Crippen LogP) is 1.37. The predicted molar refractivity (Wildman–Crippen MR) is 62.3 cm³/mol. The van der Waals surface area contributed by atoms with Gasteiger partial charge in [0.2, 0.25) is 0 Å². The Balaban J connectivity index is 2.50. The zero-order valence-corrected chi connectivity index (χ0v) is 9.51. The number of pyridine rings is 1. The van der Waals surface area contributed by atoms with Crippen molar-refractivity contribution in [3.63, 3.8) is 0 Å². The topological polar surface area (TPSA) is 69.6 Å². The molecule has 0 atom stereocenters. The van der Waals surface area contributed by atoms with Crippen LogP contribution in [0.5, 0.6) is 0 Å². The van der Waals surface area contributed by atoms with Gasteiger partial charge >= 0.3 is 0 Å². The van der Waals surface area contributed by atoms with Crippen LogP contribution >= 0.6 is 0 Å². The van der Waals surface area contributed by atoms with Crippen LogP contribution in [0.25, 0.3) is 5.69 Å². The normalized spacial score (nSPS) is 10.6. The molecule has 0 unspecified atom stereocenters. The van der Waals surface area contributed by atoms with Crippen LogP contribution in [-0.4, -0.2) is 19.7 Å². The van der Waals surface area contributed by atoms with Gasteiger partial charge < -0.3 is 5.73 Å². The van der Waals surface area contributed by atoms with Crippen molar-refractivity contribution < 1.29 is 0 Å². The van der Waals surface area contributed by atoms with Gasteiger partial charge in [-0.15, -0.1) is 0 Å². The molecule has 2 N–H and O–H groups in total. The number of rotatable bonds is 3. The quantitative estimate of drug-likeness (QED) is 0.843. The molecule has 5 nitrogen and oxygen atoms in total. The van der Waals surface area contributed by atoms with E-state index >= 15 is 0 Å². The number of aryl methyl sites for hydroxylation is 2. The number of anilines is 1. The Morgan fingerprint density at radius 2 is 2.06 bits per heavy atom.